The van der Waals surface area contributed by atoms with Crippen LogP contribution in [0, 0.1) is 0 Å². The van der Waals surface area contributed by atoms with Gasteiger partial charge in [-0.1, -0.05) is 0 Å². The number of hydrogen-bond acceptors (Lipinski definition) is 3. The highest BCUT2D eigenvalue weighted by Crippen LogP contribution is 2.21. The molecule has 0 amide bonds. The summed E-state index contributed by atoms with van der Waals surface area (Å²) in [6.45, 7) is 3.35. The number of carboxylic acids is 1. The lowest BCUT2D eigenvalue weighted by molar-refractivity contribution is -0.901. The monoisotopic (exact) mass is 193 g/mol. The number of likely N-dealkylation sites (N-methyl/N-ethyl adjacent to an activating group) is 1. The lowest BCUT2D eigenvalue weighted by atomic mass is 10.1. The largest absolute Gasteiger partial charge is 0.550 e. The molecule has 0 bridgehead atoms. The lowest BCUT2D eigenvalue weighted by Gasteiger charge is -2.40. The van der Waals surface area contributed by atoms with Crippen LogP contribution in [0.2, 0.25) is 0 Å². The zero-order valence-corrected chi connectivity index (χ0v) is 9.00. The Balaban J connectivity index is 4.54. The fourth-order valence-corrected chi connectivity index (χ4v) is 1.27. The van der Waals surface area contributed by atoms with E-state index in [1.165, 1.54) is 6.92 Å². The van der Waals surface area contributed by atoms with E-state index in [1.54, 1.807) is 0 Å². The van der Waals surface area contributed by atoms with E-state index < -0.39 is 11.6 Å². The average molecular weight is 193 g/mol. The number of rotatable bonds is 4. The second-order valence-electron chi connectivity index (χ2n) is 4.70. The van der Waals surface area contributed by atoms with Crippen LogP contribution in [0.25, 0.3) is 0 Å². The summed E-state index contributed by atoms with van der Waals surface area (Å²) < 4.78 is 0.514. The van der Waals surface area contributed by atoms with Crippen LogP contribution in [-0.2, 0) is 4.79 Å². The van der Waals surface area contributed by atoms with E-state index in [-0.39, 0.29) is 12.5 Å². The molecule has 0 aliphatic carbocycles. The van der Waals surface area contributed by atoms with Gasteiger partial charge in [-0.25, -0.2) is 0 Å². The summed E-state index contributed by atoms with van der Waals surface area (Å²) in [6.07, 6.45) is -0.330. The van der Waals surface area contributed by atoms with Crippen molar-refractivity contribution in [2.75, 3.05) is 21.1 Å². The standard InChI is InChI=1S/C9H19NO3/c1-7(10(3,4)5)9(2,13)6-8(11)12/h7,13H,6H2,1-5H3/i1+2,2+2. The van der Waals surface area contributed by atoms with E-state index in [1.807, 2.05) is 28.1 Å². The van der Waals surface area contributed by atoms with Gasteiger partial charge < -0.3 is 19.5 Å². The second-order valence-corrected chi connectivity index (χ2v) is 4.70. The summed E-state index contributed by atoms with van der Waals surface area (Å²) in [7, 11) is 5.73. The van der Waals surface area contributed by atoms with Crippen LogP contribution >= 0.6 is 0 Å². The third-order valence-electron chi connectivity index (χ3n) is 2.56. The van der Waals surface area contributed by atoms with Crippen LogP contribution in [0.3, 0.4) is 0 Å². The number of quaternary nitrogens is 1. The van der Waals surface area contributed by atoms with Crippen molar-refractivity contribution in [1.29, 1.82) is 0 Å². The molecule has 2 atom stereocenters. The van der Waals surface area contributed by atoms with Gasteiger partial charge in [0.25, 0.3) is 0 Å². The smallest absolute Gasteiger partial charge is 0.118 e. The number of carbonyl (C=O) groups is 1. The van der Waals surface area contributed by atoms with Gasteiger partial charge >= 0.3 is 0 Å². The number of nitrogens with zero attached hydrogens (tertiary/aromatic N) is 1. The minimum atomic E-state index is -1.23. The number of hydrogen-bond donors (Lipinski definition) is 1. The summed E-state index contributed by atoms with van der Waals surface area (Å²) in [5.41, 5.74) is -1.23. The topological polar surface area (TPSA) is 60.4 Å². The highest BCUT2D eigenvalue weighted by atomic mass is 16.4. The van der Waals surface area contributed by atoms with Crippen LogP contribution in [0.5, 0.6) is 0 Å². The molecule has 0 aliphatic rings. The fraction of sp³-hybridized carbons (Fsp3) is 0.889. The Morgan fingerprint density at radius 2 is 2.00 bits per heavy atom. The minimum Gasteiger partial charge on any atom is -0.550 e. The van der Waals surface area contributed by atoms with Crippen LogP contribution < -0.4 is 5.11 Å². The van der Waals surface area contributed by atoms with Crippen molar-refractivity contribution in [2.45, 2.75) is 31.9 Å². The highest BCUT2D eigenvalue weighted by Gasteiger charge is 2.37. The molecule has 0 spiro atoms. The zero-order chi connectivity index (χ0) is 10.9. The molecule has 0 aliphatic heterocycles. The molecular weight excluding hydrogens is 174 g/mol. The number of carbonyl (C=O) groups excluding carboxylic acids is 1. The summed E-state index contributed by atoms with van der Waals surface area (Å²) in [4.78, 5) is 10.4. The van der Waals surface area contributed by atoms with Gasteiger partial charge in [-0.3, -0.25) is 0 Å². The predicted octanol–water partition coefficient (Wildman–Crippen LogP) is -1.03. The van der Waals surface area contributed by atoms with E-state index in [0.717, 1.165) is 0 Å². The van der Waals surface area contributed by atoms with E-state index in [0.29, 0.717) is 4.48 Å². The van der Waals surface area contributed by atoms with Crippen molar-refractivity contribution in [3.05, 3.63) is 0 Å². The van der Waals surface area contributed by atoms with Crippen molar-refractivity contribution >= 4 is 5.97 Å². The molecule has 1 N–H and O–H groups in total. The molecule has 0 radical (unpaired) electrons. The SMILES string of the molecule is C[N+](C)(C)C([14CH3])C([14CH3])(O)CC(=O)[O-]. The van der Waals surface area contributed by atoms with Crippen molar-refractivity contribution in [3.8, 4) is 0 Å². The Morgan fingerprint density at radius 1 is 1.62 bits per heavy atom. The molecule has 0 aromatic heterocycles. The lowest BCUT2D eigenvalue weighted by Crippen LogP contribution is -2.57. The first-order valence-electron chi connectivity index (χ1n) is 4.30. The maximum Gasteiger partial charge on any atom is 0.118 e. The third-order valence-corrected chi connectivity index (χ3v) is 2.56. The molecule has 0 aromatic carbocycles. The quantitative estimate of drug-likeness (QED) is 0.581. The van der Waals surface area contributed by atoms with Crippen LogP contribution in [0.15, 0.2) is 0 Å². The Hall–Kier alpha value is -0.610. The molecule has 4 heteroatoms. The maximum atomic E-state index is 10.4. The van der Waals surface area contributed by atoms with Gasteiger partial charge in [0.05, 0.1) is 21.1 Å². The Labute approximate surface area is 79.4 Å². The van der Waals surface area contributed by atoms with Gasteiger partial charge in [0.15, 0.2) is 0 Å². The summed E-state index contributed by atoms with van der Waals surface area (Å²) >= 11 is 0. The first kappa shape index (κ1) is 12.4. The van der Waals surface area contributed by atoms with Crippen molar-refractivity contribution < 1.29 is 19.5 Å². The fourth-order valence-electron chi connectivity index (χ4n) is 1.27. The number of aliphatic hydroxyl groups is 1. The molecule has 0 aromatic rings. The normalized spacial score (nSPS) is 19.2. The number of carboxylic acid groups (broad SMARTS) is 1. The minimum absolute atomic E-state index is 0.162. The molecule has 0 fully saturated rings. The van der Waals surface area contributed by atoms with E-state index in [2.05, 4.69) is 0 Å². The van der Waals surface area contributed by atoms with Gasteiger partial charge in [-0.2, -0.15) is 0 Å². The Kier molecular flexibility index (Phi) is 3.47. The van der Waals surface area contributed by atoms with Crippen molar-refractivity contribution in [3.63, 3.8) is 0 Å². The summed E-state index contributed by atoms with van der Waals surface area (Å²) in [5.74, 6) is -1.22. The van der Waals surface area contributed by atoms with Crippen molar-refractivity contribution in [2.24, 2.45) is 0 Å². The molecule has 2 unspecified atom stereocenters. The van der Waals surface area contributed by atoms with Gasteiger partial charge in [-0.05, 0) is 13.8 Å². The molecule has 0 heterocycles. The van der Waals surface area contributed by atoms with Crippen LogP contribution in [-0.4, -0.2) is 48.3 Å². The van der Waals surface area contributed by atoms with E-state index in [4.69, 9.17) is 0 Å². The van der Waals surface area contributed by atoms with E-state index in [9.17, 15) is 15.0 Å². The van der Waals surface area contributed by atoms with Gasteiger partial charge in [0, 0.05) is 12.4 Å². The van der Waals surface area contributed by atoms with Gasteiger partial charge in [0.2, 0.25) is 0 Å². The molecule has 4 nitrogen and oxygen atoms in total. The van der Waals surface area contributed by atoms with Crippen LogP contribution in [0.4, 0.5) is 0 Å². The Bertz CT molecular complexity index is 194. The van der Waals surface area contributed by atoms with Gasteiger partial charge in [0.1, 0.15) is 11.6 Å². The molecular formula is C9H19NO3. The highest BCUT2D eigenvalue weighted by molar-refractivity contribution is 5.65. The first-order chi connectivity index (χ1) is 5.57. The summed E-state index contributed by atoms with van der Waals surface area (Å²) in [6, 6.07) is -0.162. The average Bonchev–Trinajstić information content (AvgIpc) is 1.80. The Morgan fingerprint density at radius 3 is 2.23 bits per heavy atom. The van der Waals surface area contributed by atoms with Gasteiger partial charge in [-0.15, -0.1) is 0 Å². The summed E-state index contributed by atoms with van der Waals surface area (Å²) in [5, 5.41) is 20.2. The van der Waals surface area contributed by atoms with Crippen LogP contribution in [0.1, 0.15) is 20.3 Å². The second kappa shape index (κ2) is 3.64. The molecule has 0 saturated carbocycles. The third kappa shape index (κ3) is 3.74. The molecule has 0 saturated heterocycles. The van der Waals surface area contributed by atoms with E-state index >= 15 is 0 Å². The van der Waals surface area contributed by atoms with Crippen molar-refractivity contribution in [1.82, 2.24) is 0 Å². The molecule has 13 heavy (non-hydrogen) atoms. The predicted molar refractivity (Wildman–Crippen MR) is 47.7 cm³/mol. The molecule has 78 valence electrons. The zero-order valence-electron chi connectivity index (χ0n) is 9.00. The number of aliphatic carboxylic acids is 1. The maximum absolute atomic E-state index is 10.4. The molecule has 0 rings (SSSR count). The first-order valence-corrected chi connectivity index (χ1v) is 4.30.